The number of anilines is 2. The molecule has 1 amide bonds. The molecule has 0 aliphatic heterocycles. The van der Waals surface area contributed by atoms with Crippen LogP contribution in [0.15, 0.2) is 30.6 Å². The molecule has 2 N–H and O–H groups in total. The van der Waals surface area contributed by atoms with E-state index in [1.165, 1.54) is 11.8 Å². The van der Waals surface area contributed by atoms with E-state index in [2.05, 4.69) is 33.6 Å². The van der Waals surface area contributed by atoms with E-state index in [0.717, 1.165) is 11.3 Å². The highest BCUT2D eigenvalue weighted by Gasteiger charge is 2.09. The molecule has 0 bridgehead atoms. The topological polar surface area (TPSA) is 66.9 Å². The average Bonchev–Trinajstić information content (AvgIpc) is 2.42. The van der Waals surface area contributed by atoms with Crippen LogP contribution in [0.3, 0.4) is 0 Å². The van der Waals surface area contributed by atoms with Crippen molar-refractivity contribution in [3.63, 3.8) is 0 Å². The fraction of sp³-hybridized carbons (Fsp3) is 0.312. The van der Waals surface area contributed by atoms with Crippen molar-refractivity contribution in [2.45, 2.75) is 33.7 Å². The zero-order valence-electron chi connectivity index (χ0n) is 12.8. The van der Waals surface area contributed by atoms with Crippen molar-refractivity contribution in [1.82, 2.24) is 15.3 Å². The average molecular weight is 284 g/mol. The van der Waals surface area contributed by atoms with Gasteiger partial charge in [-0.15, -0.1) is 0 Å². The summed E-state index contributed by atoms with van der Waals surface area (Å²) in [4.78, 5) is 20.2. The van der Waals surface area contributed by atoms with Crippen molar-refractivity contribution >= 4 is 17.4 Å². The quantitative estimate of drug-likeness (QED) is 0.905. The maximum Gasteiger partial charge on any atom is 0.271 e. The molecule has 0 saturated carbocycles. The van der Waals surface area contributed by atoms with Crippen LogP contribution >= 0.6 is 0 Å². The number of rotatable bonds is 4. The molecule has 2 aromatic rings. The van der Waals surface area contributed by atoms with E-state index in [9.17, 15) is 4.79 Å². The number of hydrogen-bond acceptors (Lipinski definition) is 4. The molecule has 21 heavy (non-hydrogen) atoms. The molecule has 0 fully saturated rings. The summed E-state index contributed by atoms with van der Waals surface area (Å²) in [6.45, 7) is 7.90. The highest BCUT2D eigenvalue weighted by molar-refractivity contribution is 5.92. The fourth-order valence-electron chi connectivity index (χ4n) is 1.94. The minimum atomic E-state index is -0.212. The largest absolute Gasteiger partial charge is 0.348 e. The lowest BCUT2D eigenvalue weighted by Crippen LogP contribution is -2.30. The van der Waals surface area contributed by atoms with Gasteiger partial charge in [0.1, 0.15) is 11.5 Å². The van der Waals surface area contributed by atoms with Crippen molar-refractivity contribution in [3.05, 3.63) is 47.4 Å². The van der Waals surface area contributed by atoms with Gasteiger partial charge >= 0.3 is 0 Å². The molecule has 1 heterocycles. The molecule has 1 aromatic carbocycles. The summed E-state index contributed by atoms with van der Waals surface area (Å²) in [7, 11) is 0. The van der Waals surface area contributed by atoms with Gasteiger partial charge in [-0.2, -0.15) is 0 Å². The molecular weight excluding hydrogens is 264 g/mol. The highest BCUT2D eigenvalue weighted by Crippen LogP contribution is 2.19. The lowest BCUT2D eigenvalue weighted by molar-refractivity contribution is 0.0937. The smallest absolute Gasteiger partial charge is 0.271 e. The lowest BCUT2D eigenvalue weighted by Gasteiger charge is -2.10. The van der Waals surface area contributed by atoms with Crippen LogP contribution in [-0.4, -0.2) is 21.9 Å². The summed E-state index contributed by atoms with van der Waals surface area (Å²) in [5.41, 5.74) is 3.65. The van der Waals surface area contributed by atoms with Crippen molar-refractivity contribution in [3.8, 4) is 0 Å². The van der Waals surface area contributed by atoms with Gasteiger partial charge in [-0.05, 0) is 39.3 Å². The summed E-state index contributed by atoms with van der Waals surface area (Å²) in [6, 6.07) is 6.21. The molecule has 0 radical (unpaired) electrons. The van der Waals surface area contributed by atoms with Gasteiger partial charge in [0.15, 0.2) is 0 Å². The Labute approximate surface area is 124 Å². The minimum absolute atomic E-state index is 0.0762. The summed E-state index contributed by atoms with van der Waals surface area (Å²) >= 11 is 0. The van der Waals surface area contributed by atoms with Crippen LogP contribution in [0.5, 0.6) is 0 Å². The predicted octanol–water partition coefficient (Wildman–Crippen LogP) is 2.98. The second-order valence-corrected chi connectivity index (χ2v) is 5.36. The molecular formula is C16H20N4O. The van der Waals surface area contributed by atoms with E-state index in [1.54, 1.807) is 6.20 Å². The Morgan fingerprint density at radius 2 is 1.90 bits per heavy atom. The Bertz CT molecular complexity index is 635. The van der Waals surface area contributed by atoms with Crippen molar-refractivity contribution < 1.29 is 4.79 Å². The number of carbonyl (C=O) groups is 1. The van der Waals surface area contributed by atoms with E-state index in [0.29, 0.717) is 11.5 Å². The Morgan fingerprint density at radius 3 is 2.48 bits per heavy atom. The Balaban J connectivity index is 2.10. The molecule has 0 aliphatic carbocycles. The first-order valence-corrected chi connectivity index (χ1v) is 6.93. The SMILES string of the molecule is Cc1ccc(Nc2cnc(C(=O)NC(C)C)cn2)c(C)c1. The van der Waals surface area contributed by atoms with E-state index in [4.69, 9.17) is 0 Å². The molecule has 0 spiro atoms. The number of nitrogens with zero attached hydrogens (tertiary/aromatic N) is 2. The summed E-state index contributed by atoms with van der Waals surface area (Å²) in [5, 5.41) is 5.98. The van der Waals surface area contributed by atoms with Crippen LogP contribution in [-0.2, 0) is 0 Å². The second-order valence-electron chi connectivity index (χ2n) is 5.36. The molecule has 5 heteroatoms. The van der Waals surface area contributed by atoms with E-state index in [1.807, 2.05) is 32.9 Å². The highest BCUT2D eigenvalue weighted by atomic mass is 16.1. The molecule has 0 saturated heterocycles. The molecule has 2 rings (SSSR count). The van der Waals surface area contributed by atoms with Gasteiger partial charge in [0.2, 0.25) is 0 Å². The lowest BCUT2D eigenvalue weighted by atomic mass is 10.1. The van der Waals surface area contributed by atoms with Gasteiger partial charge in [-0.3, -0.25) is 4.79 Å². The van der Waals surface area contributed by atoms with Gasteiger partial charge in [-0.1, -0.05) is 17.7 Å². The van der Waals surface area contributed by atoms with Crippen LogP contribution in [0.25, 0.3) is 0 Å². The number of hydrogen-bond donors (Lipinski definition) is 2. The van der Waals surface area contributed by atoms with E-state index in [-0.39, 0.29) is 11.9 Å². The fourth-order valence-corrected chi connectivity index (χ4v) is 1.94. The van der Waals surface area contributed by atoms with Crippen molar-refractivity contribution in [2.75, 3.05) is 5.32 Å². The first-order valence-electron chi connectivity index (χ1n) is 6.93. The third-order valence-electron chi connectivity index (χ3n) is 2.95. The van der Waals surface area contributed by atoms with Crippen LogP contribution in [0, 0.1) is 13.8 Å². The van der Waals surface area contributed by atoms with Gasteiger partial charge < -0.3 is 10.6 Å². The molecule has 0 aliphatic rings. The molecule has 1 aromatic heterocycles. The van der Waals surface area contributed by atoms with Crippen molar-refractivity contribution in [2.24, 2.45) is 0 Å². The van der Waals surface area contributed by atoms with Gasteiger partial charge in [0.25, 0.3) is 5.91 Å². The number of nitrogens with one attached hydrogen (secondary N) is 2. The maximum atomic E-state index is 11.8. The summed E-state index contributed by atoms with van der Waals surface area (Å²) in [5.74, 6) is 0.401. The van der Waals surface area contributed by atoms with E-state index < -0.39 is 0 Å². The molecule has 0 unspecified atom stereocenters. The number of aryl methyl sites for hydroxylation is 2. The van der Waals surface area contributed by atoms with Crippen LogP contribution in [0.2, 0.25) is 0 Å². The minimum Gasteiger partial charge on any atom is -0.348 e. The second kappa shape index (κ2) is 6.35. The van der Waals surface area contributed by atoms with Crippen LogP contribution in [0.4, 0.5) is 11.5 Å². The maximum absolute atomic E-state index is 11.8. The first-order chi connectivity index (χ1) is 9.95. The first kappa shape index (κ1) is 15.0. The number of amides is 1. The number of aromatic nitrogens is 2. The van der Waals surface area contributed by atoms with E-state index >= 15 is 0 Å². The zero-order chi connectivity index (χ0) is 15.4. The third kappa shape index (κ3) is 4.02. The Kier molecular flexibility index (Phi) is 4.52. The summed E-state index contributed by atoms with van der Waals surface area (Å²) in [6.07, 6.45) is 3.04. The zero-order valence-corrected chi connectivity index (χ0v) is 12.8. The van der Waals surface area contributed by atoms with Crippen LogP contribution < -0.4 is 10.6 Å². The van der Waals surface area contributed by atoms with Crippen molar-refractivity contribution in [1.29, 1.82) is 0 Å². The Hall–Kier alpha value is -2.43. The van der Waals surface area contributed by atoms with Crippen LogP contribution in [0.1, 0.15) is 35.5 Å². The third-order valence-corrected chi connectivity index (χ3v) is 2.95. The predicted molar refractivity (Wildman–Crippen MR) is 83.8 cm³/mol. The monoisotopic (exact) mass is 284 g/mol. The van der Waals surface area contributed by atoms with Gasteiger partial charge in [0, 0.05) is 11.7 Å². The van der Waals surface area contributed by atoms with Gasteiger partial charge in [-0.25, -0.2) is 9.97 Å². The summed E-state index contributed by atoms with van der Waals surface area (Å²) < 4.78 is 0. The number of benzene rings is 1. The Morgan fingerprint density at radius 1 is 1.14 bits per heavy atom. The standard InChI is InChI=1S/C16H20N4O/c1-10(2)19-16(21)14-8-18-15(9-17-14)20-13-6-5-11(3)7-12(13)4/h5-10H,1-4H3,(H,18,20)(H,19,21). The molecule has 0 atom stereocenters. The number of carbonyl (C=O) groups excluding carboxylic acids is 1. The van der Waals surface area contributed by atoms with Gasteiger partial charge in [0.05, 0.1) is 12.4 Å². The normalized spacial score (nSPS) is 10.5. The molecule has 110 valence electrons. The molecule has 5 nitrogen and oxygen atoms in total.